The summed E-state index contributed by atoms with van der Waals surface area (Å²) in [5, 5.41) is -0.143. The Morgan fingerprint density at radius 1 is 1.06 bits per heavy atom. The van der Waals surface area contributed by atoms with E-state index in [1.165, 1.54) is 31.3 Å². The van der Waals surface area contributed by atoms with Crippen LogP contribution in [0.4, 0.5) is 17.6 Å². The molecule has 1 heterocycles. The van der Waals surface area contributed by atoms with Crippen molar-refractivity contribution in [2.75, 3.05) is 7.05 Å². The van der Waals surface area contributed by atoms with E-state index >= 15 is 0 Å². The van der Waals surface area contributed by atoms with Gasteiger partial charge in [0.05, 0.1) is 16.6 Å². The van der Waals surface area contributed by atoms with Gasteiger partial charge in [-0.1, -0.05) is 48.0 Å². The summed E-state index contributed by atoms with van der Waals surface area (Å²) in [5.74, 6) is -1.03. The summed E-state index contributed by atoms with van der Waals surface area (Å²) >= 11 is 5.80. The molecule has 2 atom stereocenters. The SMILES string of the molecule is CN1[C@H](C(=O)Cc2ccc(F)c(Cl)c2)C[C@H](c2cccc(-c3cccc(C(F)(F)F)c3)c2)NS1(=O)=O. The lowest BCUT2D eigenvalue weighted by Gasteiger charge is -2.36. The quantitative estimate of drug-likeness (QED) is 0.431. The van der Waals surface area contributed by atoms with E-state index in [2.05, 4.69) is 4.72 Å². The van der Waals surface area contributed by atoms with Gasteiger partial charge in [-0.15, -0.1) is 0 Å². The Labute approximate surface area is 210 Å². The predicted octanol–water partition coefficient (Wildman–Crippen LogP) is 5.56. The van der Waals surface area contributed by atoms with E-state index in [0.29, 0.717) is 22.3 Å². The van der Waals surface area contributed by atoms with Gasteiger partial charge in [-0.2, -0.15) is 30.6 Å². The highest BCUT2D eigenvalue weighted by Gasteiger charge is 2.40. The first-order valence-corrected chi connectivity index (χ1v) is 12.7. The van der Waals surface area contributed by atoms with Crippen molar-refractivity contribution in [2.24, 2.45) is 0 Å². The standard InChI is InChI=1S/C25H21ClF4N2O3S/c1-32-23(24(33)11-15-8-9-21(27)20(26)10-15)14-22(31-36(32,34)35)18-6-2-4-16(12-18)17-5-3-7-19(13-17)25(28,29)30/h2-10,12-13,22-23,31H,11,14H2,1H3/t22-,23+/m1/s1. The third-order valence-electron chi connectivity index (χ3n) is 6.11. The minimum atomic E-state index is -4.50. The predicted molar refractivity (Wildman–Crippen MR) is 128 cm³/mol. The smallest absolute Gasteiger partial charge is 0.298 e. The number of likely N-dealkylation sites (N-methyl/N-ethyl adjacent to an activating group) is 1. The number of hydrogen-bond donors (Lipinski definition) is 1. The highest BCUT2D eigenvalue weighted by Crippen LogP contribution is 2.34. The molecule has 0 unspecified atom stereocenters. The van der Waals surface area contributed by atoms with Gasteiger partial charge in [0.25, 0.3) is 10.2 Å². The van der Waals surface area contributed by atoms with Crippen LogP contribution in [0.25, 0.3) is 11.1 Å². The van der Waals surface area contributed by atoms with E-state index < -0.39 is 45.6 Å². The Bertz CT molecular complexity index is 1410. The van der Waals surface area contributed by atoms with Crippen molar-refractivity contribution in [2.45, 2.75) is 31.1 Å². The van der Waals surface area contributed by atoms with Crippen LogP contribution in [0.1, 0.15) is 29.2 Å². The van der Waals surface area contributed by atoms with Gasteiger partial charge in [-0.25, -0.2) is 4.39 Å². The number of benzene rings is 3. The number of ketones is 1. The van der Waals surface area contributed by atoms with Gasteiger partial charge in [0, 0.05) is 19.5 Å². The van der Waals surface area contributed by atoms with Gasteiger partial charge >= 0.3 is 6.18 Å². The molecule has 1 aliphatic heterocycles. The van der Waals surface area contributed by atoms with Gasteiger partial charge < -0.3 is 0 Å². The molecule has 0 radical (unpaired) electrons. The molecule has 1 aliphatic rings. The number of carbonyl (C=O) groups excluding carboxylic acids is 1. The molecular formula is C25H21ClF4N2O3S. The number of rotatable bonds is 5. The van der Waals surface area contributed by atoms with Crippen molar-refractivity contribution in [3.63, 3.8) is 0 Å². The Morgan fingerprint density at radius 2 is 1.72 bits per heavy atom. The summed E-state index contributed by atoms with van der Waals surface area (Å²) in [6.45, 7) is 0. The van der Waals surface area contributed by atoms with Crippen molar-refractivity contribution in [1.29, 1.82) is 0 Å². The summed E-state index contributed by atoms with van der Waals surface area (Å²) in [6.07, 6.45) is -4.56. The van der Waals surface area contributed by atoms with Crippen LogP contribution in [0.3, 0.4) is 0 Å². The summed E-state index contributed by atoms with van der Waals surface area (Å²) in [5.41, 5.74) is 0.948. The van der Waals surface area contributed by atoms with Crippen molar-refractivity contribution in [3.05, 3.63) is 94.3 Å². The maximum absolute atomic E-state index is 13.5. The first-order valence-electron chi connectivity index (χ1n) is 10.8. The highest BCUT2D eigenvalue weighted by molar-refractivity contribution is 7.87. The minimum absolute atomic E-state index is 0.0928. The van der Waals surface area contributed by atoms with E-state index in [1.54, 1.807) is 24.3 Å². The summed E-state index contributed by atoms with van der Waals surface area (Å²) < 4.78 is 82.0. The molecule has 0 aliphatic carbocycles. The molecule has 0 amide bonds. The highest BCUT2D eigenvalue weighted by atomic mass is 35.5. The Morgan fingerprint density at radius 3 is 2.39 bits per heavy atom. The minimum Gasteiger partial charge on any atom is -0.298 e. The largest absolute Gasteiger partial charge is 0.416 e. The molecule has 1 N–H and O–H groups in total. The molecule has 36 heavy (non-hydrogen) atoms. The lowest BCUT2D eigenvalue weighted by Crippen LogP contribution is -2.55. The third-order valence-corrected chi connectivity index (χ3v) is 8.00. The van der Waals surface area contributed by atoms with E-state index in [9.17, 15) is 30.8 Å². The third kappa shape index (κ3) is 5.62. The molecule has 1 saturated heterocycles. The molecular weight excluding hydrogens is 520 g/mol. The van der Waals surface area contributed by atoms with Crippen LogP contribution < -0.4 is 4.72 Å². The summed E-state index contributed by atoms with van der Waals surface area (Å²) in [6, 6.07) is 13.4. The van der Waals surface area contributed by atoms with Crippen molar-refractivity contribution in [3.8, 4) is 11.1 Å². The van der Waals surface area contributed by atoms with Crippen molar-refractivity contribution < 1.29 is 30.8 Å². The molecule has 0 bridgehead atoms. The van der Waals surface area contributed by atoms with Gasteiger partial charge in [0.2, 0.25) is 0 Å². The van der Waals surface area contributed by atoms with E-state index in [4.69, 9.17) is 11.6 Å². The molecule has 11 heteroatoms. The maximum atomic E-state index is 13.5. The number of carbonyl (C=O) groups is 1. The van der Waals surface area contributed by atoms with Gasteiger partial charge in [0.15, 0.2) is 5.78 Å². The average molecular weight is 541 g/mol. The summed E-state index contributed by atoms with van der Waals surface area (Å²) in [7, 11) is -2.75. The Balaban J connectivity index is 1.61. The zero-order chi connectivity index (χ0) is 26.3. The van der Waals surface area contributed by atoms with Crippen molar-refractivity contribution in [1.82, 2.24) is 9.03 Å². The first-order chi connectivity index (χ1) is 16.8. The second-order valence-corrected chi connectivity index (χ2v) is 10.7. The molecule has 0 aromatic heterocycles. The number of nitrogens with zero attached hydrogens (tertiary/aromatic N) is 1. The number of alkyl halides is 3. The molecule has 4 rings (SSSR count). The average Bonchev–Trinajstić information content (AvgIpc) is 2.82. The lowest BCUT2D eigenvalue weighted by atomic mass is 9.92. The summed E-state index contributed by atoms with van der Waals surface area (Å²) in [4.78, 5) is 13.1. The second-order valence-electron chi connectivity index (χ2n) is 8.54. The van der Waals surface area contributed by atoms with Crippen LogP contribution in [0.15, 0.2) is 66.7 Å². The Hall–Kier alpha value is -2.79. The Kier molecular flexibility index (Phi) is 7.25. The second kappa shape index (κ2) is 9.93. The topological polar surface area (TPSA) is 66.5 Å². The number of Topliss-reactive ketones (excluding diaryl/α,β-unsaturated/α-hetero) is 1. The molecule has 190 valence electrons. The number of hydrogen-bond acceptors (Lipinski definition) is 3. The van der Waals surface area contributed by atoms with E-state index in [1.807, 2.05) is 0 Å². The normalized spacial score (nSPS) is 20.3. The van der Waals surface area contributed by atoms with Gasteiger partial charge in [-0.05, 0) is 59.0 Å². The zero-order valence-electron chi connectivity index (χ0n) is 18.9. The monoisotopic (exact) mass is 540 g/mol. The maximum Gasteiger partial charge on any atom is 0.416 e. The van der Waals surface area contributed by atoms with Crippen LogP contribution in [0.2, 0.25) is 5.02 Å². The molecule has 5 nitrogen and oxygen atoms in total. The van der Waals surface area contributed by atoms with Crippen molar-refractivity contribution >= 4 is 27.6 Å². The van der Waals surface area contributed by atoms with Crippen LogP contribution >= 0.6 is 11.6 Å². The van der Waals surface area contributed by atoms with E-state index in [0.717, 1.165) is 22.5 Å². The van der Waals surface area contributed by atoms with Crippen LogP contribution in [-0.2, 0) is 27.6 Å². The molecule has 1 fully saturated rings. The van der Waals surface area contributed by atoms with Gasteiger partial charge in [-0.3, -0.25) is 4.79 Å². The zero-order valence-corrected chi connectivity index (χ0v) is 20.5. The van der Waals surface area contributed by atoms with E-state index in [-0.39, 0.29) is 17.9 Å². The van der Waals surface area contributed by atoms with Crippen LogP contribution in [0.5, 0.6) is 0 Å². The van der Waals surface area contributed by atoms with Gasteiger partial charge in [0.1, 0.15) is 5.82 Å². The van der Waals surface area contributed by atoms with Crippen LogP contribution in [0, 0.1) is 5.82 Å². The molecule has 3 aromatic rings. The molecule has 3 aromatic carbocycles. The fourth-order valence-corrected chi connectivity index (χ4v) is 5.67. The molecule has 0 spiro atoms. The lowest BCUT2D eigenvalue weighted by molar-refractivity contribution is -0.137. The fourth-order valence-electron chi connectivity index (χ4n) is 4.17. The first kappa shape index (κ1) is 26.3. The molecule has 0 saturated carbocycles. The number of nitrogens with one attached hydrogen (secondary N) is 1. The fraction of sp³-hybridized carbons (Fsp3) is 0.240. The van der Waals surface area contributed by atoms with Crippen LogP contribution in [-0.4, -0.2) is 31.6 Å². The number of halogens is 5.